The first-order valence-corrected chi connectivity index (χ1v) is 9.96. The first-order chi connectivity index (χ1) is 13.6. The summed E-state index contributed by atoms with van der Waals surface area (Å²) in [6, 6.07) is 6.67. The van der Waals surface area contributed by atoms with Gasteiger partial charge >= 0.3 is 6.09 Å². The van der Waals surface area contributed by atoms with Crippen molar-refractivity contribution in [1.82, 2.24) is 20.4 Å². The highest BCUT2D eigenvalue weighted by Crippen LogP contribution is 2.18. The zero-order valence-electron chi connectivity index (χ0n) is 18.7. The molecule has 0 aliphatic carbocycles. The van der Waals surface area contributed by atoms with Crippen molar-refractivity contribution in [3.63, 3.8) is 0 Å². The SMILES string of the molecule is CN=C(NCC(c1ccc(F)cc1)N(C)C)N1CCC(NC(=O)OC(C)(C)C)C1.I. The molecule has 1 heterocycles. The predicted octanol–water partition coefficient (Wildman–Crippen LogP) is 3.22. The third-order valence-electron chi connectivity index (χ3n) is 4.75. The molecule has 0 spiro atoms. The molecule has 170 valence electrons. The third kappa shape index (κ3) is 8.25. The van der Waals surface area contributed by atoms with Crippen LogP contribution in [0.25, 0.3) is 0 Å². The summed E-state index contributed by atoms with van der Waals surface area (Å²) in [5.41, 5.74) is 0.520. The average Bonchev–Trinajstić information content (AvgIpc) is 3.06. The van der Waals surface area contributed by atoms with Crippen LogP contribution in [0.3, 0.4) is 0 Å². The van der Waals surface area contributed by atoms with Crippen LogP contribution in [0, 0.1) is 5.82 Å². The molecule has 2 rings (SSSR count). The predicted molar refractivity (Wildman–Crippen MR) is 129 cm³/mol. The highest BCUT2D eigenvalue weighted by molar-refractivity contribution is 14.0. The van der Waals surface area contributed by atoms with Crippen LogP contribution in [0.5, 0.6) is 0 Å². The van der Waals surface area contributed by atoms with Crippen LogP contribution in [0.1, 0.15) is 38.8 Å². The minimum atomic E-state index is -0.512. The molecule has 1 saturated heterocycles. The van der Waals surface area contributed by atoms with E-state index >= 15 is 0 Å². The lowest BCUT2D eigenvalue weighted by Gasteiger charge is -2.28. The van der Waals surface area contributed by atoms with Gasteiger partial charge in [-0.15, -0.1) is 24.0 Å². The van der Waals surface area contributed by atoms with Crippen molar-refractivity contribution in [3.8, 4) is 0 Å². The van der Waals surface area contributed by atoms with E-state index in [1.807, 2.05) is 34.9 Å². The molecular formula is C21H35FIN5O2. The number of guanidine groups is 1. The minimum Gasteiger partial charge on any atom is -0.444 e. The number of rotatable bonds is 5. The standard InChI is InChI=1S/C21H34FN5O2.HI/c1-21(2,3)29-20(28)25-17-11-12-27(14-17)19(23-4)24-13-18(26(5)6)15-7-9-16(22)10-8-15;/h7-10,17-18H,11-14H2,1-6H3,(H,23,24)(H,25,28);1H. The van der Waals surface area contributed by atoms with Gasteiger partial charge in [0.1, 0.15) is 11.4 Å². The smallest absolute Gasteiger partial charge is 0.407 e. The molecule has 9 heteroatoms. The molecule has 1 aliphatic rings. The van der Waals surface area contributed by atoms with Crippen molar-refractivity contribution >= 4 is 36.0 Å². The fraction of sp³-hybridized carbons (Fsp3) is 0.619. The van der Waals surface area contributed by atoms with Crippen molar-refractivity contribution in [1.29, 1.82) is 0 Å². The lowest BCUT2D eigenvalue weighted by molar-refractivity contribution is 0.0507. The summed E-state index contributed by atoms with van der Waals surface area (Å²) in [5.74, 6) is 0.545. The van der Waals surface area contributed by atoms with E-state index in [1.54, 1.807) is 19.2 Å². The Balaban J connectivity index is 0.00000450. The molecule has 0 saturated carbocycles. The number of benzene rings is 1. The second-order valence-corrected chi connectivity index (χ2v) is 8.54. The molecule has 7 nitrogen and oxygen atoms in total. The number of nitrogens with one attached hydrogen (secondary N) is 2. The average molecular weight is 535 g/mol. The zero-order valence-corrected chi connectivity index (χ0v) is 21.1. The van der Waals surface area contributed by atoms with Gasteiger partial charge in [-0.05, 0) is 59.0 Å². The van der Waals surface area contributed by atoms with Crippen molar-refractivity contribution < 1.29 is 13.9 Å². The fourth-order valence-electron chi connectivity index (χ4n) is 3.35. The Kier molecular flexibility index (Phi) is 10.3. The van der Waals surface area contributed by atoms with Gasteiger partial charge in [-0.2, -0.15) is 0 Å². The number of likely N-dealkylation sites (N-methyl/N-ethyl adjacent to an activating group) is 1. The molecular weight excluding hydrogens is 500 g/mol. The van der Waals surface area contributed by atoms with Crippen molar-refractivity contribution in [3.05, 3.63) is 35.6 Å². The van der Waals surface area contributed by atoms with Crippen LogP contribution < -0.4 is 10.6 Å². The van der Waals surface area contributed by atoms with Crippen molar-refractivity contribution in [2.45, 2.75) is 44.9 Å². The number of alkyl carbamates (subject to hydrolysis) is 1. The van der Waals surface area contributed by atoms with Crippen LogP contribution in [0.4, 0.5) is 9.18 Å². The van der Waals surface area contributed by atoms with Gasteiger partial charge in [0.15, 0.2) is 5.96 Å². The molecule has 1 amide bonds. The lowest BCUT2D eigenvalue weighted by Crippen LogP contribution is -2.45. The maximum Gasteiger partial charge on any atom is 0.407 e. The largest absolute Gasteiger partial charge is 0.444 e. The Hall–Kier alpha value is -1.62. The van der Waals surface area contributed by atoms with Crippen molar-refractivity contribution in [2.24, 2.45) is 4.99 Å². The van der Waals surface area contributed by atoms with Gasteiger partial charge in [-0.3, -0.25) is 4.99 Å². The van der Waals surface area contributed by atoms with E-state index in [0.717, 1.165) is 24.5 Å². The van der Waals surface area contributed by atoms with Gasteiger partial charge in [0, 0.05) is 26.7 Å². The van der Waals surface area contributed by atoms with Gasteiger partial charge in [0.05, 0.1) is 12.1 Å². The van der Waals surface area contributed by atoms with E-state index < -0.39 is 11.7 Å². The maximum atomic E-state index is 13.2. The molecule has 1 aromatic carbocycles. The number of hydrogen-bond acceptors (Lipinski definition) is 4. The normalized spacial score (nSPS) is 18.1. The molecule has 1 aliphatic heterocycles. The minimum absolute atomic E-state index is 0. The quantitative estimate of drug-likeness (QED) is 0.345. The van der Waals surface area contributed by atoms with E-state index in [0.29, 0.717) is 13.1 Å². The van der Waals surface area contributed by atoms with Gasteiger partial charge in [-0.1, -0.05) is 12.1 Å². The highest BCUT2D eigenvalue weighted by atomic mass is 127. The number of carbonyl (C=O) groups excluding carboxylic acids is 1. The molecule has 1 aromatic rings. The molecule has 0 radical (unpaired) electrons. The summed E-state index contributed by atoms with van der Waals surface area (Å²) in [6.45, 7) is 7.64. The number of carbonyl (C=O) groups is 1. The molecule has 1 fully saturated rings. The Labute approximate surface area is 196 Å². The summed E-state index contributed by atoms with van der Waals surface area (Å²) >= 11 is 0. The van der Waals surface area contributed by atoms with Crippen LogP contribution in [0.2, 0.25) is 0 Å². The number of amides is 1. The van der Waals surface area contributed by atoms with Gasteiger partial charge in [-0.25, -0.2) is 9.18 Å². The first-order valence-electron chi connectivity index (χ1n) is 9.96. The van der Waals surface area contributed by atoms with Gasteiger partial charge in [0.25, 0.3) is 0 Å². The summed E-state index contributed by atoms with van der Waals surface area (Å²) < 4.78 is 18.6. The summed E-state index contributed by atoms with van der Waals surface area (Å²) in [7, 11) is 5.74. The number of aliphatic imine (C=N–C) groups is 1. The summed E-state index contributed by atoms with van der Waals surface area (Å²) in [5, 5.41) is 6.34. The fourth-order valence-corrected chi connectivity index (χ4v) is 3.35. The number of likely N-dealkylation sites (tertiary alicyclic amines) is 1. The number of ether oxygens (including phenoxy) is 1. The number of hydrogen-bond donors (Lipinski definition) is 2. The molecule has 2 N–H and O–H groups in total. The van der Waals surface area contributed by atoms with E-state index in [-0.39, 0.29) is 41.9 Å². The summed E-state index contributed by atoms with van der Waals surface area (Å²) in [4.78, 5) is 20.6. The highest BCUT2D eigenvalue weighted by Gasteiger charge is 2.28. The molecule has 0 aromatic heterocycles. The van der Waals surface area contributed by atoms with Crippen LogP contribution >= 0.6 is 24.0 Å². The molecule has 2 unspecified atom stereocenters. The molecule has 2 atom stereocenters. The van der Waals surface area contributed by atoms with Gasteiger partial charge in [0.2, 0.25) is 0 Å². The molecule has 30 heavy (non-hydrogen) atoms. The van der Waals surface area contributed by atoms with Crippen LogP contribution in [-0.4, -0.2) is 74.3 Å². The Bertz CT molecular complexity index is 706. The van der Waals surface area contributed by atoms with E-state index in [1.165, 1.54) is 12.1 Å². The second kappa shape index (κ2) is 11.7. The Morgan fingerprint density at radius 2 is 1.97 bits per heavy atom. The monoisotopic (exact) mass is 535 g/mol. The topological polar surface area (TPSA) is 69.2 Å². The maximum absolute atomic E-state index is 13.2. The number of halogens is 2. The van der Waals surface area contributed by atoms with Crippen molar-refractivity contribution in [2.75, 3.05) is 40.8 Å². The second-order valence-electron chi connectivity index (χ2n) is 8.54. The van der Waals surface area contributed by atoms with E-state index in [4.69, 9.17) is 4.74 Å². The zero-order chi connectivity index (χ0) is 21.6. The lowest BCUT2D eigenvalue weighted by atomic mass is 10.1. The van der Waals surface area contributed by atoms with Crippen LogP contribution in [-0.2, 0) is 4.74 Å². The van der Waals surface area contributed by atoms with E-state index in [2.05, 4.69) is 25.4 Å². The third-order valence-corrected chi connectivity index (χ3v) is 4.75. The first kappa shape index (κ1) is 26.4. The Morgan fingerprint density at radius 3 is 2.50 bits per heavy atom. The number of nitrogens with zero attached hydrogens (tertiary/aromatic N) is 3. The molecule has 0 bridgehead atoms. The Morgan fingerprint density at radius 1 is 1.33 bits per heavy atom. The van der Waals surface area contributed by atoms with Gasteiger partial charge < -0.3 is 25.2 Å². The summed E-state index contributed by atoms with van der Waals surface area (Å²) in [6.07, 6.45) is 0.436. The van der Waals surface area contributed by atoms with Crippen LogP contribution in [0.15, 0.2) is 29.3 Å². The van der Waals surface area contributed by atoms with E-state index in [9.17, 15) is 9.18 Å².